The Morgan fingerprint density at radius 2 is 1.79 bits per heavy atom. The predicted molar refractivity (Wildman–Crippen MR) is 109 cm³/mol. The van der Waals surface area contributed by atoms with Crippen molar-refractivity contribution >= 4 is 0 Å². The summed E-state index contributed by atoms with van der Waals surface area (Å²) in [6, 6.07) is 11.5. The van der Waals surface area contributed by atoms with Gasteiger partial charge in [-0.15, -0.1) is 0 Å². The van der Waals surface area contributed by atoms with Crippen molar-refractivity contribution in [2.75, 3.05) is 19.6 Å². The van der Waals surface area contributed by atoms with Gasteiger partial charge >= 0.3 is 0 Å². The zero-order valence-corrected chi connectivity index (χ0v) is 16.5. The molecule has 2 atom stereocenters. The van der Waals surface area contributed by atoms with Crippen molar-refractivity contribution < 1.29 is 14.9 Å². The maximum absolute atomic E-state index is 10.6. The van der Waals surface area contributed by atoms with Crippen LogP contribution < -0.4 is 5.73 Å². The first-order valence-electron chi connectivity index (χ1n) is 10.2. The van der Waals surface area contributed by atoms with Crippen molar-refractivity contribution in [2.24, 2.45) is 11.7 Å². The Labute approximate surface area is 166 Å². The number of fused-ring (bicyclic) bond motifs is 1. The molecular weight excluding hydrogens is 352 g/mol. The van der Waals surface area contributed by atoms with Gasteiger partial charge in [0.2, 0.25) is 0 Å². The molecule has 2 aromatic rings. The minimum absolute atomic E-state index is 0.115. The Kier molecular flexibility index (Phi) is 5.58. The average Bonchev–Trinajstić information content (AvgIpc) is 2.72. The fourth-order valence-corrected chi connectivity index (χ4v) is 4.62. The molecule has 1 fully saturated rings. The number of hydrogen-bond donors (Lipinski definition) is 3. The van der Waals surface area contributed by atoms with E-state index in [1.54, 1.807) is 12.1 Å². The number of phenols is 2. The first kappa shape index (κ1) is 19.2. The molecule has 2 aliphatic rings. The van der Waals surface area contributed by atoms with E-state index in [0.29, 0.717) is 24.0 Å². The molecule has 5 nitrogen and oxygen atoms in total. The van der Waals surface area contributed by atoms with Crippen LogP contribution in [0.25, 0.3) is 0 Å². The first-order chi connectivity index (χ1) is 13.5. The number of hydrogen-bond acceptors (Lipinski definition) is 5. The molecule has 0 unspecified atom stereocenters. The molecule has 0 saturated carbocycles. The maximum atomic E-state index is 10.6. The molecule has 4 rings (SSSR count). The molecule has 0 amide bonds. The fourth-order valence-electron chi connectivity index (χ4n) is 4.62. The second kappa shape index (κ2) is 8.11. The molecule has 1 saturated heterocycles. The predicted octanol–water partition coefficient (Wildman–Crippen LogP) is 3.26. The number of rotatable bonds is 4. The summed E-state index contributed by atoms with van der Waals surface area (Å²) in [7, 11) is 0. The Bertz CT molecular complexity index is 813. The molecule has 0 aromatic heterocycles. The standard InChI is InChI=1S/C23H30N2O3/c1-15-2-7-19-20(23(15)27)12-21(28-22(19)13-24)17-8-10-25(11-9-17)14-16-3-5-18(26)6-4-16/h2-7,17,21-22,26-27H,8-14,24H2,1H3/t21-,22-/m0/s1. The van der Waals surface area contributed by atoms with Crippen LogP contribution in [-0.2, 0) is 17.7 Å². The van der Waals surface area contributed by atoms with Gasteiger partial charge < -0.3 is 20.7 Å². The highest BCUT2D eigenvalue weighted by atomic mass is 16.5. The zero-order valence-electron chi connectivity index (χ0n) is 16.5. The second-order valence-electron chi connectivity index (χ2n) is 8.18. The number of piperidine rings is 1. The van der Waals surface area contributed by atoms with Gasteiger partial charge in [0.05, 0.1) is 12.2 Å². The number of nitrogens with two attached hydrogens (primary N) is 1. The second-order valence-corrected chi connectivity index (χ2v) is 8.18. The van der Waals surface area contributed by atoms with Crippen molar-refractivity contribution in [1.29, 1.82) is 0 Å². The molecule has 2 aliphatic heterocycles. The van der Waals surface area contributed by atoms with Crippen LogP contribution in [0, 0.1) is 12.8 Å². The number of likely N-dealkylation sites (tertiary alicyclic amines) is 1. The molecule has 28 heavy (non-hydrogen) atoms. The van der Waals surface area contributed by atoms with Gasteiger partial charge in [-0.05, 0) is 67.6 Å². The summed E-state index contributed by atoms with van der Waals surface area (Å²) in [5.74, 6) is 1.21. The monoisotopic (exact) mass is 382 g/mol. The van der Waals surface area contributed by atoms with Gasteiger partial charge in [-0.25, -0.2) is 0 Å². The molecule has 0 spiro atoms. The molecule has 0 bridgehead atoms. The zero-order chi connectivity index (χ0) is 19.7. The Hall–Kier alpha value is -2.08. The normalized spacial score (nSPS) is 23.5. The topological polar surface area (TPSA) is 79.0 Å². The summed E-state index contributed by atoms with van der Waals surface area (Å²) in [6.07, 6.45) is 2.92. The van der Waals surface area contributed by atoms with Crippen LogP contribution in [0.2, 0.25) is 0 Å². The Morgan fingerprint density at radius 3 is 2.46 bits per heavy atom. The number of aryl methyl sites for hydroxylation is 1. The number of phenolic OH excluding ortho intramolecular Hbond substituents is 2. The van der Waals surface area contributed by atoms with Crippen LogP contribution in [0.1, 0.15) is 41.2 Å². The average molecular weight is 383 g/mol. The van der Waals surface area contributed by atoms with Crippen molar-refractivity contribution in [3.05, 3.63) is 58.7 Å². The number of ether oxygens (including phenoxy) is 1. The van der Waals surface area contributed by atoms with Crippen LogP contribution in [-0.4, -0.2) is 40.9 Å². The van der Waals surface area contributed by atoms with E-state index in [1.165, 1.54) is 5.56 Å². The van der Waals surface area contributed by atoms with E-state index in [4.69, 9.17) is 10.5 Å². The lowest BCUT2D eigenvalue weighted by molar-refractivity contribution is -0.0651. The van der Waals surface area contributed by atoms with E-state index in [2.05, 4.69) is 11.0 Å². The number of benzene rings is 2. The lowest BCUT2D eigenvalue weighted by atomic mass is 9.83. The largest absolute Gasteiger partial charge is 0.508 e. The summed E-state index contributed by atoms with van der Waals surface area (Å²) >= 11 is 0. The van der Waals surface area contributed by atoms with Crippen LogP contribution in [0.5, 0.6) is 11.5 Å². The molecule has 2 aromatic carbocycles. The molecule has 0 aliphatic carbocycles. The van der Waals surface area contributed by atoms with Gasteiger partial charge in [0.1, 0.15) is 11.5 Å². The van der Waals surface area contributed by atoms with Gasteiger partial charge in [-0.2, -0.15) is 0 Å². The van der Waals surface area contributed by atoms with E-state index < -0.39 is 0 Å². The molecular formula is C23H30N2O3. The molecule has 150 valence electrons. The summed E-state index contributed by atoms with van der Waals surface area (Å²) in [4.78, 5) is 2.46. The van der Waals surface area contributed by atoms with Crippen LogP contribution in [0.4, 0.5) is 0 Å². The number of aromatic hydroxyl groups is 2. The third-order valence-electron chi connectivity index (χ3n) is 6.33. The SMILES string of the molecule is Cc1ccc2c(c1O)C[C@@H](C1CCN(Cc3ccc(O)cc3)CC1)O[C@H]2CN. The Balaban J connectivity index is 1.40. The molecule has 0 radical (unpaired) electrons. The minimum atomic E-state index is -0.129. The summed E-state index contributed by atoms with van der Waals surface area (Å²) in [6.45, 7) is 5.36. The smallest absolute Gasteiger partial charge is 0.122 e. The van der Waals surface area contributed by atoms with Crippen molar-refractivity contribution in [3.63, 3.8) is 0 Å². The lowest BCUT2D eigenvalue weighted by Crippen LogP contribution is -2.41. The van der Waals surface area contributed by atoms with Crippen molar-refractivity contribution in [3.8, 4) is 11.5 Å². The quantitative estimate of drug-likeness (QED) is 0.756. The van der Waals surface area contributed by atoms with E-state index in [9.17, 15) is 10.2 Å². The van der Waals surface area contributed by atoms with Gasteiger partial charge in [0.25, 0.3) is 0 Å². The first-order valence-corrected chi connectivity index (χ1v) is 10.2. The highest BCUT2D eigenvalue weighted by Gasteiger charge is 2.35. The van der Waals surface area contributed by atoms with E-state index in [0.717, 1.165) is 55.6 Å². The third kappa shape index (κ3) is 3.88. The van der Waals surface area contributed by atoms with Crippen molar-refractivity contribution in [2.45, 2.75) is 44.9 Å². The van der Waals surface area contributed by atoms with Gasteiger partial charge in [0.15, 0.2) is 0 Å². The van der Waals surface area contributed by atoms with Crippen LogP contribution in [0.15, 0.2) is 36.4 Å². The van der Waals surface area contributed by atoms with Gasteiger partial charge in [-0.1, -0.05) is 24.3 Å². The van der Waals surface area contributed by atoms with Gasteiger partial charge in [0, 0.05) is 25.1 Å². The minimum Gasteiger partial charge on any atom is -0.508 e. The van der Waals surface area contributed by atoms with Gasteiger partial charge in [-0.3, -0.25) is 4.90 Å². The van der Waals surface area contributed by atoms with E-state index in [-0.39, 0.29) is 12.2 Å². The molecule has 2 heterocycles. The molecule has 5 heteroatoms. The molecule has 4 N–H and O–H groups in total. The van der Waals surface area contributed by atoms with E-state index in [1.807, 2.05) is 25.1 Å². The van der Waals surface area contributed by atoms with E-state index >= 15 is 0 Å². The fraction of sp³-hybridized carbons (Fsp3) is 0.478. The third-order valence-corrected chi connectivity index (χ3v) is 6.33. The highest BCUT2D eigenvalue weighted by Crippen LogP contribution is 2.40. The van der Waals surface area contributed by atoms with Crippen LogP contribution >= 0.6 is 0 Å². The van der Waals surface area contributed by atoms with Crippen molar-refractivity contribution in [1.82, 2.24) is 4.90 Å². The summed E-state index contributed by atoms with van der Waals surface area (Å²) in [5, 5.41) is 20.0. The highest BCUT2D eigenvalue weighted by molar-refractivity contribution is 5.47. The summed E-state index contributed by atoms with van der Waals surface area (Å²) in [5.41, 5.74) is 10.2. The summed E-state index contributed by atoms with van der Waals surface area (Å²) < 4.78 is 6.38. The number of nitrogens with zero attached hydrogens (tertiary/aromatic N) is 1. The Morgan fingerprint density at radius 1 is 1.07 bits per heavy atom. The maximum Gasteiger partial charge on any atom is 0.122 e. The lowest BCUT2D eigenvalue weighted by Gasteiger charge is -2.40. The van der Waals surface area contributed by atoms with Crippen LogP contribution in [0.3, 0.4) is 0 Å².